The number of halogens is 1. The van der Waals surface area contributed by atoms with E-state index in [1.54, 1.807) is 31.2 Å². The van der Waals surface area contributed by atoms with Crippen LogP contribution in [0.3, 0.4) is 0 Å². The Labute approximate surface area is 123 Å². The molecule has 0 amide bonds. The van der Waals surface area contributed by atoms with Gasteiger partial charge in [-0.2, -0.15) is 0 Å². The number of benzene rings is 2. The van der Waals surface area contributed by atoms with Crippen molar-refractivity contribution in [1.82, 2.24) is 4.72 Å². The molecule has 2 aromatic carbocycles. The van der Waals surface area contributed by atoms with Crippen molar-refractivity contribution in [2.75, 3.05) is 0 Å². The van der Waals surface area contributed by atoms with E-state index in [2.05, 4.69) is 4.72 Å². The first-order valence-corrected chi connectivity index (χ1v) is 7.89. The van der Waals surface area contributed by atoms with Gasteiger partial charge in [-0.3, -0.25) is 0 Å². The number of rotatable bonds is 5. The lowest BCUT2D eigenvalue weighted by molar-refractivity contribution is 0.281. The van der Waals surface area contributed by atoms with Gasteiger partial charge in [0.2, 0.25) is 10.0 Å². The SMILES string of the molecule is CC(NS(=O)(=O)c1cccc(CO)c1)c1ccccc1F. The molecule has 6 heteroatoms. The quantitative estimate of drug-likeness (QED) is 0.891. The van der Waals surface area contributed by atoms with Crippen molar-refractivity contribution in [1.29, 1.82) is 0 Å². The number of aliphatic hydroxyl groups excluding tert-OH is 1. The van der Waals surface area contributed by atoms with Crippen molar-refractivity contribution in [3.05, 3.63) is 65.5 Å². The van der Waals surface area contributed by atoms with Crippen LogP contribution < -0.4 is 4.72 Å². The average molecular weight is 309 g/mol. The highest BCUT2D eigenvalue weighted by atomic mass is 32.2. The molecule has 2 rings (SSSR count). The van der Waals surface area contributed by atoms with Gasteiger partial charge in [-0.05, 0) is 30.7 Å². The van der Waals surface area contributed by atoms with Gasteiger partial charge in [-0.1, -0.05) is 30.3 Å². The number of nitrogens with one attached hydrogen (secondary N) is 1. The highest BCUT2D eigenvalue weighted by Crippen LogP contribution is 2.20. The third-order valence-electron chi connectivity index (χ3n) is 3.09. The van der Waals surface area contributed by atoms with Crippen molar-refractivity contribution >= 4 is 10.0 Å². The Morgan fingerprint density at radius 3 is 2.57 bits per heavy atom. The van der Waals surface area contributed by atoms with E-state index in [9.17, 15) is 12.8 Å². The summed E-state index contributed by atoms with van der Waals surface area (Å²) in [4.78, 5) is 0.0391. The lowest BCUT2D eigenvalue weighted by Gasteiger charge is -2.15. The lowest BCUT2D eigenvalue weighted by Crippen LogP contribution is -2.27. The molecule has 0 aliphatic rings. The Kier molecular flexibility index (Phi) is 4.72. The molecule has 0 aliphatic carbocycles. The summed E-state index contributed by atoms with van der Waals surface area (Å²) >= 11 is 0. The van der Waals surface area contributed by atoms with E-state index in [-0.39, 0.29) is 17.1 Å². The van der Waals surface area contributed by atoms with Gasteiger partial charge in [0.25, 0.3) is 0 Å². The van der Waals surface area contributed by atoms with Crippen LogP contribution in [0.15, 0.2) is 53.4 Å². The van der Waals surface area contributed by atoms with Crippen molar-refractivity contribution in [2.24, 2.45) is 0 Å². The summed E-state index contributed by atoms with van der Waals surface area (Å²) in [5.74, 6) is -0.461. The van der Waals surface area contributed by atoms with Crippen LogP contribution >= 0.6 is 0 Å². The minimum atomic E-state index is -3.78. The zero-order valence-corrected chi connectivity index (χ0v) is 12.3. The molecule has 112 valence electrons. The second kappa shape index (κ2) is 6.34. The number of hydrogen-bond donors (Lipinski definition) is 2. The number of hydrogen-bond acceptors (Lipinski definition) is 3. The fourth-order valence-corrected chi connectivity index (χ4v) is 3.29. The molecule has 1 atom stereocenters. The van der Waals surface area contributed by atoms with Crippen molar-refractivity contribution in [3.63, 3.8) is 0 Å². The third kappa shape index (κ3) is 3.66. The van der Waals surface area contributed by atoms with Crippen LogP contribution in [0.1, 0.15) is 24.1 Å². The second-order valence-electron chi connectivity index (χ2n) is 4.67. The van der Waals surface area contributed by atoms with Crippen LogP contribution in [0, 0.1) is 5.82 Å². The van der Waals surface area contributed by atoms with Crippen LogP contribution in [0.4, 0.5) is 4.39 Å². The molecule has 0 aromatic heterocycles. The highest BCUT2D eigenvalue weighted by Gasteiger charge is 2.20. The largest absolute Gasteiger partial charge is 0.392 e. The standard InChI is InChI=1S/C15H16FNO3S/c1-11(14-7-2-3-8-15(14)16)17-21(19,20)13-6-4-5-12(9-13)10-18/h2-9,11,17-18H,10H2,1H3. The molecule has 0 fully saturated rings. The zero-order valence-electron chi connectivity index (χ0n) is 11.5. The molecule has 0 aliphatic heterocycles. The second-order valence-corrected chi connectivity index (χ2v) is 6.38. The smallest absolute Gasteiger partial charge is 0.241 e. The van der Waals surface area contributed by atoms with Gasteiger partial charge in [-0.15, -0.1) is 0 Å². The molecule has 0 radical (unpaired) electrons. The fraction of sp³-hybridized carbons (Fsp3) is 0.200. The van der Waals surface area contributed by atoms with Crippen LogP contribution in [0.5, 0.6) is 0 Å². The summed E-state index contributed by atoms with van der Waals surface area (Å²) in [7, 11) is -3.78. The molecule has 0 saturated carbocycles. The van der Waals surface area contributed by atoms with Crippen LogP contribution in [-0.4, -0.2) is 13.5 Å². The maximum absolute atomic E-state index is 13.7. The zero-order chi connectivity index (χ0) is 15.5. The van der Waals surface area contributed by atoms with E-state index in [4.69, 9.17) is 5.11 Å². The van der Waals surface area contributed by atoms with Gasteiger partial charge in [0.1, 0.15) is 5.82 Å². The molecule has 0 saturated heterocycles. The predicted octanol–water partition coefficient (Wildman–Crippen LogP) is 2.36. The Bertz CT molecular complexity index is 731. The van der Waals surface area contributed by atoms with E-state index in [0.29, 0.717) is 5.56 Å². The summed E-state index contributed by atoms with van der Waals surface area (Å²) in [6.45, 7) is 1.33. The first-order chi connectivity index (χ1) is 9.94. The lowest BCUT2D eigenvalue weighted by atomic mass is 10.1. The number of aliphatic hydroxyl groups is 1. The minimum Gasteiger partial charge on any atom is -0.392 e. The topological polar surface area (TPSA) is 66.4 Å². The average Bonchev–Trinajstić information content (AvgIpc) is 2.47. The maximum Gasteiger partial charge on any atom is 0.241 e. The van der Waals surface area contributed by atoms with E-state index < -0.39 is 21.9 Å². The molecular formula is C15H16FNO3S. The van der Waals surface area contributed by atoms with E-state index >= 15 is 0 Å². The molecule has 2 N–H and O–H groups in total. The minimum absolute atomic E-state index is 0.0391. The summed E-state index contributed by atoms with van der Waals surface area (Å²) in [5.41, 5.74) is 0.774. The normalized spacial score (nSPS) is 13.1. The van der Waals surface area contributed by atoms with E-state index in [1.165, 1.54) is 24.3 Å². The van der Waals surface area contributed by atoms with Crippen molar-refractivity contribution in [3.8, 4) is 0 Å². The first kappa shape index (κ1) is 15.6. The molecule has 4 nitrogen and oxygen atoms in total. The van der Waals surface area contributed by atoms with Crippen LogP contribution in [0.2, 0.25) is 0 Å². The van der Waals surface area contributed by atoms with Crippen molar-refractivity contribution in [2.45, 2.75) is 24.5 Å². The van der Waals surface area contributed by atoms with Gasteiger partial charge in [-0.25, -0.2) is 17.5 Å². The van der Waals surface area contributed by atoms with Gasteiger partial charge in [0.15, 0.2) is 0 Å². The Morgan fingerprint density at radius 2 is 1.90 bits per heavy atom. The molecule has 0 spiro atoms. The molecular weight excluding hydrogens is 293 g/mol. The fourth-order valence-electron chi connectivity index (χ4n) is 2.00. The predicted molar refractivity (Wildman–Crippen MR) is 77.5 cm³/mol. The van der Waals surface area contributed by atoms with Gasteiger partial charge < -0.3 is 5.11 Å². The third-order valence-corrected chi connectivity index (χ3v) is 4.63. The highest BCUT2D eigenvalue weighted by molar-refractivity contribution is 7.89. The first-order valence-electron chi connectivity index (χ1n) is 6.40. The molecule has 21 heavy (non-hydrogen) atoms. The molecule has 2 aromatic rings. The van der Waals surface area contributed by atoms with Gasteiger partial charge >= 0.3 is 0 Å². The van der Waals surface area contributed by atoms with Gasteiger partial charge in [0.05, 0.1) is 11.5 Å². The Morgan fingerprint density at radius 1 is 1.19 bits per heavy atom. The summed E-state index contributed by atoms with van der Waals surface area (Å²) in [5, 5.41) is 9.06. The summed E-state index contributed by atoms with van der Waals surface area (Å²) in [6.07, 6.45) is 0. The molecule has 1 unspecified atom stereocenters. The van der Waals surface area contributed by atoms with Crippen LogP contribution in [-0.2, 0) is 16.6 Å². The number of sulfonamides is 1. The van der Waals surface area contributed by atoms with E-state index in [0.717, 1.165) is 0 Å². The van der Waals surface area contributed by atoms with Gasteiger partial charge in [0, 0.05) is 11.6 Å². The monoisotopic (exact) mass is 309 g/mol. The molecule has 0 heterocycles. The maximum atomic E-state index is 13.7. The summed E-state index contributed by atoms with van der Waals surface area (Å²) < 4.78 is 40.7. The van der Waals surface area contributed by atoms with Crippen molar-refractivity contribution < 1.29 is 17.9 Å². The summed E-state index contributed by atoms with van der Waals surface area (Å²) in [6, 6.07) is 11.3. The van der Waals surface area contributed by atoms with E-state index in [1.807, 2.05) is 0 Å². The Hall–Kier alpha value is -1.76. The Balaban J connectivity index is 2.27. The van der Waals surface area contributed by atoms with Crippen LogP contribution in [0.25, 0.3) is 0 Å². The molecule has 0 bridgehead atoms.